The minimum Gasteiger partial charge on any atom is -0.462 e. The summed E-state index contributed by atoms with van der Waals surface area (Å²) in [5.41, 5.74) is -1.17. The number of rotatable bonds is 3. The smallest absolute Gasteiger partial charge is 0.305 e. The Morgan fingerprint density at radius 2 is 2.00 bits per heavy atom. The maximum atomic E-state index is 13.2. The lowest BCUT2D eigenvalue weighted by molar-refractivity contribution is -0.206. The predicted octanol–water partition coefficient (Wildman–Crippen LogP) is 4.30. The summed E-state index contributed by atoms with van der Waals surface area (Å²) >= 11 is 0. The maximum absolute atomic E-state index is 13.2. The van der Waals surface area contributed by atoms with Gasteiger partial charge in [0.1, 0.15) is 11.9 Å². The zero-order valence-electron chi connectivity index (χ0n) is 17.6. The molecule has 27 heavy (non-hydrogen) atoms. The van der Waals surface area contributed by atoms with Crippen LogP contribution in [0.5, 0.6) is 0 Å². The lowest BCUT2D eigenvalue weighted by Crippen LogP contribution is -2.63. The summed E-state index contributed by atoms with van der Waals surface area (Å²) in [7, 11) is 0. The standard InChI is InChI=1S/C23H36O4/c1-7-18(25)27-17-13-21(5,8-2)20(26)15(4)23-11-9-14(3)22(17,6)19(23)16(24)10-12-23/h8,14-15,17,19-20,26H,2,7,9-13H2,1,3-6H3/t14?,15-,17+,19-,20-,21+,22-,23-/m0/s1. The predicted molar refractivity (Wildman–Crippen MR) is 105 cm³/mol. The summed E-state index contributed by atoms with van der Waals surface area (Å²) in [6.07, 6.45) is 5.02. The molecular weight excluding hydrogens is 340 g/mol. The topological polar surface area (TPSA) is 63.6 Å². The monoisotopic (exact) mass is 376 g/mol. The summed E-state index contributed by atoms with van der Waals surface area (Å²) in [4.78, 5) is 25.5. The van der Waals surface area contributed by atoms with E-state index in [1.165, 1.54) is 0 Å². The Balaban J connectivity index is 2.21. The molecule has 152 valence electrons. The molecule has 1 N–H and O–H groups in total. The fourth-order valence-corrected chi connectivity index (χ4v) is 6.74. The molecule has 0 aromatic heterocycles. The van der Waals surface area contributed by atoms with Crippen LogP contribution in [0.3, 0.4) is 0 Å². The van der Waals surface area contributed by atoms with Gasteiger partial charge in [-0.15, -0.1) is 6.58 Å². The Hall–Kier alpha value is -1.16. The first-order valence-corrected chi connectivity index (χ1v) is 10.6. The molecular formula is C23H36O4. The third-order valence-electron chi connectivity index (χ3n) is 8.86. The molecule has 4 heteroatoms. The van der Waals surface area contributed by atoms with Crippen molar-refractivity contribution in [1.29, 1.82) is 0 Å². The lowest BCUT2D eigenvalue weighted by Gasteiger charge is -2.61. The Morgan fingerprint density at radius 3 is 2.59 bits per heavy atom. The van der Waals surface area contributed by atoms with Crippen LogP contribution in [0.25, 0.3) is 0 Å². The quantitative estimate of drug-likeness (QED) is 0.589. The van der Waals surface area contributed by atoms with Gasteiger partial charge in [-0.2, -0.15) is 0 Å². The summed E-state index contributed by atoms with van der Waals surface area (Å²) in [5.74, 6) is 0.199. The highest BCUT2D eigenvalue weighted by Crippen LogP contribution is 2.67. The van der Waals surface area contributed by atoms with Crippen molar-refractivity contribution in [1.82, 2.24) is 0 Å². The zero-order chi connectivity index (χ0) is 20.2. The van der Waals surface area contributed by atoms with Crippen LogP contribution in [0.2, 0.25) is 0 Å². The van der Waals surface area contributed by atoms with Crippen molar-refractivity contribution in [3.8, 4) is 0 Å². The van der Waals surface area contributed by atoms with E-state index in [-0.39, 0.29) is 29.1 Å². The van der Waals surface area contributed by atoms with Crippen molar-refractivity contribution >= 4 is 11.8 Å². The van der Waals surface area contributed by atoms with Gasteiger partial charge in [-0.3, -0.25) is 9.59 Å². The molecule has 0 amide bonds. The molecule has 2 bridgehead atoms. The Bertz CT molecular complexity index is 642. The summed E-state index contributed by atoms with van der Waals surface area (Å²) < 4.78 is 6.02. The highest BCUT2D eigenvalue weighted by atomic mass is 16.5. The second-order valence-corrected chi connectivity index (χ2v) is 9.92. The molecule has 0 aliphatic heterocycles. The number of carbonyl (C=O) groups excluding carboxylic acids is 2. The van der Waals surface area contributed by atoms with Gasteiger partial charge in [-0.25, -0.2) is 0 Å². The van der Waals surface area contributed by atoms with Gasteiger partial charge >= 0.3 is 5.97 Å². The van der Waals surface area contributed by atoms with E-state index in [1.54, 1.807) is 6.92 Å². The molecule has 3 rings (SSSR count). The third kappa shape index (κ3) is 2.73. The summed E-state index contributed by atoms with van der Waals surface area (Å²) in [6.45, 7) is 14.3. The maximum Gasteiger partial charge on any atom is 0.305 e. The SMILES string of the molecule is C=C[C@]1(C)C[C@@H](OC(=O)CC)[C@]2(C)C(C)CC[C@]3(CCC(=O)[C@H]32)[C@@H](C)[C@@H]1O. The Labute approximate surface area is 163 Å². The van der Waals surface area contributed by atoms with Crippen LogP contribution >= 0.6 is 0 Å². The Kier molecular flexibility index (Phi) is 5.12. The highest BCUT2D eigenvalue weighted by Gasteiger charge is 2.68. The van der Waals surface area contributed by atoms with Crippen LogP contribution in [-0.2, 0) is 14.3 Å². The molecule has 8 atom stereocenters. The van der Waals surface area contributed by atoms with Crippen molar-refractivity contribution < 1.29 is 19.4 Å². The lowest BCUT2D eigenvalue weighted by atomic mass is 9.44. The molecule has 0 spiro atoms. The average molecular weight is 377 g/mol. The van der Waals surface area contributed by atoms with Crippen molar-refractivity contribution in [2.45, 2.75) is 85.4 Å². The van der Waals surface area contributed by atoms with Crippen molar-refractivity contribution in [3.05, 3.63) is 12.7 Å². The second-order valence-electron chi connectivity index (χ2n) is 9.92. The normalized spacial score (nSPS) is 49.7. The number of esters is 1. The van der Waals surface area contributed by atoms with Crippen LogP contribution < -0.4 is 0 Å². The van der Waals surface area contributed by atoms with Crippen molar-refractivity contribution in [2.24, 2.45) is 34.0 Å². The van der Waals surface area contributed by atoms with E-state index >= 15 is 0 Å². The summed E-state index contributed by atoms with van der Waals surface area (Å²) in [6, 6.07) is 0. The van der Waals surface area contributed by atoms with Gasteiger partial charge in [-0.05, 0) is 42.9 Å². The molecule has 4 nitrogen and oxygen atoms in total. The van der Waals surface area contributed by atoms with E-state index < -0.39 is 23.0 Å². The van der Waals surface area contributed by atoms with Gasteiger partial charge in [0.15, 0.2) is 0 Å². The zero-order valence-corrected chi connectivity index (χ0v) is 17.6. The number of aliphatic hydroxyl groups excluding tert-OH is 1. The molecule has 0 heterocycles. The largest absolute Gasteiger partial charge is 0.462 e. The molecule has 1 unspecified atom stereocenters. The average Bonchev–Trinajstić information content (AvgIpc) is 3.00. The minimum absolute atomic E-state index is 0.00611. The van der Waals surface area contributed by atoms with Crippen LogP contribution in [-0.4, -0.2) is 29.1 Å². The Morgan fingerprint density at radius 1 is 1.33 bits per heavy atom. The minimum atomic E-state index is -0.607. The van der Waals surface area contributed by atoms with Crippen LogP contribution in [0.1, 0.15) is 73.1 Å². The van der Waals surface area contributed by atoms with Crippen LogP contribution in [0.4, 0.5) is 0 Å². The van der Waals surface area contributed by atoms with Crippen molar-refractivity contribution in [3.63, 3.8) is 0 Å². The highest BCUT2D eigenvalue weighted by molar-refractivity contribution is 5.85. The molecule has 0 aromatic rings. The number of hydrogen-bond donors (Lipinski definition) is 1. The van der Waals surface area contributed by atoms with Gasteiger partial charge in [0, 0.05) is 29.6 Å². The van der Waals surface area contributed by atoms with E-state index in [4.69, 9.17) is 4.74 Å². The van der Waals surface area contributed by atoms with Gasteiger partial charge in [-0.1, -0.05) is 40.7 Å². The molecule has 3 aliphatic rings. The fourth-order valence-electron chi connectivity index (χ4n) is 6.74. The first kappa shape index (κ1) is 20.6. The van der Waals surface area contributed by atoms with Gasteiger partial charge < -0.3 is 9.84 Å². The first-order valence-electron chi connectivity index (χ1n) is 10.6. The second kappa shape index (κ2) is 6.72. The number of aliphatic hydroxyl groups is 1. The molecule has 3 saturated carbocycles. The molecule has 0 aromatic carbocycles. The number of ether oxygens (including phenoxy) is 1. The van der Waals surface area contributed by atoms with E-state index in [1.807, 2.05) is 13.0 Å². The number of carbonyl (C=O) groups is 2. The van der Waals surface area contributed by atoms with Gasteiger partial charge in [0.25, 0.3) is 0 Å². The van der Waals surface area contributed by atoms with Gasteiger partial charge in [0.2, 0.25) is 0 Å². The molecule has 3 aliphatic carbocycles. The number of ketones is 1. The fraction of sp³-hybridized carbons (Fsp3) is 0.826. The van der Waals surface area contributed by atoms with Crippen molar-refractivity contribution in [2.75, 3.05) is 0 Å². The molecule has 0 radical (unpaired) electrons. The molecule has 3 fully saturated rings. The molecule has 0 saturated heterocycles. The van der Waals surface area contributed by atoms with E-state index in [2.05, 4.69) is 27.4 Å². The van der Waals surface area contributed by atoms with E-state index in [0.717, 1.165) is 19.3 Å². The van der Waals surface area contributed by atoms with Crippen LogP contribution in [0, 0.1) is 34.0 Å². The van der Waals surface area contributed by atoms with Crippen LogP contribution in [0.15, 0.2) is 12.7 Å². The van der Waals surface area contributed by atoms with E-state index in [0.29, 0.717) is 25.0 Å². The number of Topliss-reactive ketones (excluding diaryl/α,β-unsaturated/α-hetero) is 1. The summed E-state index contributed by atoms with van der Waals surface area (Å²) in [5, 5.41) is 11.4. The number of hydrogen-bond acceptors (Lipinski definition) is 4. The first-order chi connectivity index (χ1) is 12.6. The third-order valence-corrected chi connectivity index (χ3v) is 8.86. The van der Waals surface area contributed by atoms with E-state index in [9.17, 15) is 14.7 Å². The van der Waals surface area contributed by atoms with Gasteiger partial charge in [0.05, 0.1) is 6.10 Å².